The molecular weight excluding hydrogens is 306 g/mol. The number of hydrogen-bond acceptors (Lipinski definition) is 3. The number of amides is 4. The van der Waals surface area contributed by atoms with Gasteiger partial charge in [-0.3, -0.25) is 14.9 Å². The van der Waals surface area contributed by atoms with Gasteiger partial charge in [0.1, 0.15) is 5.54 Å². The third kappa shape index (κ3) is 2.78. The average molecular weight is 322 g/mol. The number of halogens is 1. The first-order chi connectivity index (χ1) is 10.5. The molecule has 2 heterocycles. The van der Waals surface area contributed by atoms with Gasteiger partial charge in [0.05, 0.1) is 6.42 Å². The molecule has 2 saturated heterocycles. The highest BCUT2D eigenvalue weighted by Gasteiger charge is 2.48. The van der Waals surface area contributed by atoms with Crippen LogP contribution in [0.4, 0.5) is 4.79 Å². The van der Waals surface area contributed by atoms with Crippen LogP contribution in [0.2, 0.25) is 5.02 Å². The number of nitrogens with one attached hydrogen (secondary N) is 2. The molecule has 0 aromatic heterocycles. The maximum atomic E-state index is 12.3. The predicted octanol–water partition coefficient (Wildman–Crippen LogP) is 1.08. The van der Waals surface area contributed by atoms with Gasteiger partial charge in [-0.15, -0.1) is 0 Å². The number of likely N-dealkylation sites (tertiary alicyclic amines) is 1. The summed E-state index contributed by atoms with van der Waals surface area (Å²) < 4.78 is 0. The van der Waals surface area contributed by atoms with Crippen molar-refractivity contribution < 1.29 is 14.4 Å². The summed E-state index contributed by atoms with van der Waals surface area (Å²) in [5.74, 6) is -0.290. The van der Waals surface area contributed by atoms with Crippen molar-refractivity contribution in [1.29, 1.82) is 0 Å². The van der Waals surface area contributed by atoms with E-state index in [2.05, 4.69) is 10.6 Å². The Kier molecular flexibility index (Phi) is 3.78. The van der Waals surface area contributed by atoms with Crippen molar-refractivity contribution in [3.05, 3.63) is 34.9 Å². The highest BCUT2D eigenvalue weighted by molar-refractivity contribution is 6.30. The highest BCUT2D eigenvalue weighted by Crippen LogP contribution is 2.26. The van der Waals surface area contributed by atoms with Crippen LogP contribution < -0.4 is 10.6 Å². The van der Waals surface area contributed by atoms with E-state index in [1.807, 2.05) is 12.1 Å². The van der Waals surface area contributed by atoms with Crippen molar-refractivity contribution in [2.24, 2.45) is 0 Å². The summed E-state index contributed by atoms with van der Waals surface area (Å²) in [5.41, 5.74) is 0.0221. The van der Waals surface area contributed by atoms with E-state index >= 15 is 0 Å². The first-order valence-corrected chi connectivity index (χ1v) is 7.52. The summed E-state index contributed by atoms with van der Waals surface area (Å²) >= 11 is 5.92. The zero-order chi connectivity index (χ0) is 15.7. The number of urea groups is 1. The quantitative estimate of drug-likeness (QED) is 0.800. The molecule has 3 rings (SSSR count). The van der Waals surface area contributed by atoms with Gasteiger partial charge < -0.3 is 10.2 Å². The lowest BCUT2D eigenvalue weighted by molar-refractivity contribution is -0.135. The van der Waals surface area contributed by atoms with E-state index in [4.69, 9.17) is 11.6 Å². The van der Waals surface area contributed by atoms with Gasteiger partial charge in [0.2, 0.25) is 5.91 Å². The lowest BCUT2D eigenvalue weighted by atomic mass is 9.87. The number of carbonyl (C=O) groups excluding carboxylic acids is 3. The average Bonchev–Trinajstić information content (AvgIpc) is 2.73. The molecule has 116 valence electrons. The predicted molar refractivity (Wildman–Crippen MR) is 80.4 cm³/mol. The lowest BCUT2D eigenvalue weighted by Gasteiger charge is -2.37. The van der Waals surface area contributed by atoms with Crippen LogP contribution in [-0.2, 0) is 16.0 Å². The van der Waals surface area contributed by atoms with E-state index < -0.39 is 11.6 Å². The summed E-state index contributed by atoms with van der Waals surface area (Å²) in [6.07, 6.45) is 1.16. The Hall–Kier alpha value is -2.08. The fraction of sp³-hybridized carbons (Fsp3) is 0.400. The zero-order valence-corrected chi connectivity index (χ0v) is 12.7. The number of rotatable bonds is 2. The van der Waals surface area contributed by atoms with Crippen LogP contribution in [0.1, 0.15) is 18.4 Å². The molecular formula is C15H16ClN3O3. The first kappa shape index (κ1) is 14.8. The van der Waals surface area contributed by atoms with E-state index in [0.717, 1.165) is 5.56 Å². The van der Waals surface area contributed by atoms with Crippen molar-refractivity contribution in [2.75, 3.05) is 13.1 Å². The van der Waals surface area contributed by atoms with Gasteiger partial charge in [-0.2, -0.15) is 0 Å². The molecule has 6 nitrogen and oxygen atoms in total. The molecule has 0 radical (unpaired) electrons. The number of hydrogen-bond donors (Lipinski definition) is 2. The molecule has 2 aliphatic heterocycles. The van der Waals surface area contributed by atoms with Gasteiger partial charge in [-0.25, -0.2) is 4.79 Å². The summed E-state index contributed by atoms with van der Waals surface area (Å²) in [5, 5.41) is 5.55. The first-order valence-electron chi connectivity index (χ1n) is 7.14. The van der Waals surface area contributed by atoms with Gasteiger partial charge in [0, 0.05) is 18.1 Å². The van der Waals surface area contributed by atoms with E-state index in [0.29, 0.717) is 31.0 Å². The standard InChI is InChI=1S/C15H16ClN3O3/c16-11-3-1-2-10(8-11)9-12(20)19-6-4-15(5-7-19)13(21)17-14(22)18-15/h1-3,8H,4-7,9H2,(H2,17,18,21,22). The van der Waals surface area contributed by atoms with Crippen LogP contribution in [0.5, 0.6) is 0 Å². The molecule has 0 atom stereocenters. The van der Waals surface area contributed by atoms with Crippen molar-refractivity contribution in [2.45, 2.75) is 24.8 Å². The molecule has 0 saturated carbocycles. The van der Waals surface area contributed by atoms with Crippen LogP contribution >= 0.6 is 11.6 Å². The topological polar surface area (TPSA) is 78.5 Å². The molecule has 22 heavy (non-hydrogen) atoms. The Morgan fingerprint density at radius 2 is 2.00 bits per heavy atom. The van der Waals surface area contributed by atoms with Crippen molar-refractivity contribution >= 4 is 29.4 Å². The molecule has 7 heteroatoms. The number of nitrogens with zero attached hydrogens (tertiary/aromatic N) is 1. The Balaban J connectivity index is 1.60. The third-order valence-corrected chi connectivity index (χ3v) is 4.46. The molecule has 1 aromatic carbocycles. The second-order valence-corrected chi connectivity index (χ2v) is 6.11. The Morgan fingerprint density at radius 3 is 2.59 bits per heavy atom. The maximum Gasteiger partial charge on any atom is 0.322 e. The van der Waals surface area contributed by atoms with Crippen LogP contribution in [0, 0.1) is 0 Å². The minimum atomic E-state index is -0.843. The molecule has 0 aliphatic carbocycles. The number of carbonyl (C=O) groups is 3. The summed E-state index contributed by atoms with van der Waals surface area (Å²) in [7, 11) is 0. The minimum Gasteiger partial charge on any atom is -0.342 e. The van der Waals surface area contributed by atoms with Gasteiger partial charge in [0.25, 0.3) is 5.91 Å². The Morgan fingerprint density at radius 1 is 1.27 bits per heavy atom. The lowest BCUT2D eigenvalue weighted by Crippen LogP contribution is -2.55. The summed E-state index contributed by atoms with van der Waals surface area (Å²) in [4.78, 5) is 37.2. The Bertz CT molecular complexity index is 639. The number of piperidine rings is 1. The second-order valence-electron chi connectivity index (χ2n) is 5.68. The molecule has 4 amide bonds. The van der Waals surface area contributed by atoms with Gasteiger partial charge >= 0.3 is 6.03 Å². The molecule has 1 spiro atoms. The van der Waals surface area contributed by atoms with E-state index in [1.54, 1.807) is 17.0 Å². The maximum absolute atomic E-state index is 12.3. The van der Waals surface area contributed by atoms with Crippen molar-refractivity contribution in [3.63, 3.8) is 0 Å². The monoisotopic (exact) mass is 321 g/mol. The van der Waals surface area contributed by atoms with E-state index in [-0.39, 0.29) is 18.2 Å². The molecule has 1 aromatic rings. The Labute approximate surface area is 132 Å². The third-order valence-electron chi connectivity index (χ3n) is 4.23. The molecule has 2 N–H and O–H groups in total. The highest BCUT2D eigenvalue weighted by atomic mass is 35.5. The van der Waals surface area contributed by atoms with E-state index in [1.165, 1.54) is 0 Å². The van der Waals surface area contributed by atoms with Crippen LogP contribution in [0.3, 0.4) is 0 Å². The summed E-state index contributed by atoms with van der Waals surface area (Å²) in [6, 6.07) is 6.76. The van der Waals surface area contributed by atoms with Crippen molar-refractivity contribution in [1.82, 2.24) is 15.5 Å². The fourth-order valence-electron chi connectivity index (χ4n) is 2.95. The molecule has 0 unspecified atom stereocenters. The normalized spacial score (nSPS) is 20.0. The number of imide groups is 1. The van der Waals surface area contributed by atoms with E-state index in [9.17, 15) is 14.4 Å². The van der Waals surface area contributed by atoms with Gasteiger partial charge in [-0.05, 0) is 30.5 Å². The fourth-order valence-corrected chi connectivity index (χ4v) is 3.16. The smallest absolute Gasteiger partial charge is 0.322 e. The largest absolute Gasteiger partial charge is 0.342 e. The summed E-state index contributed by atoms with van der Waals surface area (Å²) in [6.45, 7) is 0.903. The minimum absolute atomic E-state index is 0.00171. The van der Waals surface area contributed by atoms with Crippen LogP contribution in [0.15, 0.2) is 24.3 Å². The van der Waals surface area contributed by atoms with Gasteiger partial charge in [-0.1, -0.05) is 23.7 Å². The van der Waals surface area contributed by atoms with Crippen molar-refractivity contribution in [3.8, 4) is 0 Å². The molecule has 0 bridgehead atoms. The van der Waals surface area contributed by atoms with Gasteiger partial charge in [0.15, 0.2) is 0 Å². The number of benzene rings is 1. The molecule has 2 fully saturated rings. The van der Waals surface area contributed by atoms with Crippen LogP contribution in [-0.4, -0.2) is 41.4 Å². The SMILES string of the molecule is O=C1NC(=O)C2(CCN(C(=O)Cc3cccc(Cl)c3)CC2)N1. The zero-order valence-electron chi connectivity index (χ0n) is 11.9. The molecule has 2 aliphatic rings. The second kappa shape index (κ2) is 5.61. The van der Waals surface area contributed by atoms with Crippen LogP contribution in [0.25, 0.3) is 0 Å².